The fourth-order valence-corrected chi connectivity index (χ4v) is 1.91. The highest BCUT2D eigenvalue weighted by Gasteiger charge is 2.04. The van der Waals surface area contributed by atoms with Crippen molar-refractivity contribution in [3.63, 3.8) is 0 Å². The summed E-state index contributed by atoms with van der Waals surface area (Å²) in [5.74, 6) is 0.653. The molecule has 7 heteroatoms. The van der Waals surface area contributed by atoms with Crippen molar-refractivity contribution in [2.24, 2.45) is 4.40 Å². The van der Waals surface area contributed by atoms with Crippen LogP contribution in [0.25, 0.3) is 0 Å². The van der Waals surface area contributed by atoms with Gasteiger partial charge in [-0.3, -0.25) is 0 Å². The summed E-state index contributed by atoms with van der Waals surface area (Å²) in [6.07, 6.45) is 3.48. The lowest BCUT2D eigenvalue weighted by Gasteiger charge is -2.06. The van der Waals surface area contributed by atoms with Gasteiger partial charge in [-0.1, -0.05) is 18.2 Å². The van der Waals surface area contributed by atoms with Gasteiger partial charge in [0.25, 0.3) is 10.0 Å². The second-order valence-corrected chi connectivity index (χ2v) is 5.46. The first-order valence-corrected chi connectivity index (χ1v) is 7.19. The molecule has 1 aromatic carbocycles. The van der Waals surface area contributed by atoms with Crippen LogP contribution in [0.2, 0.25) is 0 Å². The predicted octanol–water partition coefficient (Wildman–Crippen LogP) is 1.38. The summed E-state index contributed by atoms with van der Waals surface area (Å²) >= 11 is 0. The Balaban J connectivity index is 2.50. The number of aromatic nitrogens is 1. The highest BCUT2D eigenvalue weighted by molar-refractivity contribution is 7.89. The summed E-state index contributed by atoms with van der Waals surface area (Å²) in [6, 6.07) is 10.1. The van der Waals surface area contributed by atoms with Crippen LogP contribution in [0, 0.1) is 0 Å². The van der Waals surface area contributed by atoms with E-state index < -0.39 is 10.0 Å². The number of pyridine rings is 1. The molecule has 0 bridgehead atoms. The zero-order valence-corrected chi connectivity index (χ0v) is 10.9. The zero-order valence-electron chi connectivity index (χ0n) is 10.1. The number of sulfonamides is 1. The number of benzene rings is 1. The summed E-state index contributed by atoms with van der Waals surface area (Å²) in [7, 11) is -3.55. The Morgan fingerprint density at radius 1 is 1.21 bits per heavy atom. The first-order chi connectivity index (χ1) is 8.94. The molecular formula is C12H12N2O4S. The van der Waals surface area contributed by atoms with Gasteiger partial charge in [0.2, 0.25) is 0 Å². The molecule has 1 N–H and O–H groups in total. The zero-order chi connectivity index (χ0) is 13.9. The van der Waals surface area contributed by atoms with Gasteiger partial charge in [0.05, 0.1) is 12.5 Å². The minimum absolute atomic E-state index is 0.122. The van der Waals surface area contributed by atoms with Gasteiger partial charge >= 0.3 is 0 Å². The van der Waals surface area contributed by atoms with Gasteiger partial charge in [-0.25, -0.2) is 8.42 Å². The van der Waals surface area contributed by atoms with E-state index in [0.717, 1.165) is 11.0 Å². The number of rotatable bonds is 3. The molecule has 2 rings (SSSR count). The molecule has 0 aliphatic carbocycles. The van der Waals surface area contributed by atoms with Crippen molar-refractivity contribution in [2.45, 2.75) is 0 Å². The predicted molar refractivity (Wildman–Crippen MR) is 68.5 cm³/mol. The summed E-state index contributed by atoms with van der Waals surface area (Å²) in [6.45, 7) is 0. The third-order valence-electron chi connectivity index (χ3n) is 2.12. The van der Waals surface area contributed by atoms with E-state index in [1.807, 2.05) is 6.07 Å². The van der Waals surface area contributed by atoms with Gasteiger partial charge in [0, 0.05) is 6.20 Å². The lowest BCUT2D eigenvalue weighted by molar-refractivity contribution is 0.181. The Labute approximate surface area is 110 Å². The molecule has 0 saturated carbocycles. The number of hydrogen-bond acceptors (Lipinski definition) is 4. The molecule has 1 heterocycles. The van der Waals surface area contributed by atoms with E-state index in [-0.39, 0.29) is 11.1 Å². The Morgan fingerprint density at radius 3 is 2.53 bits per heavy atom. The van der Waals surface area contributed by atoms with Crippen LogP contribution in [-0.2, 0) is 10.0 Å². The van der Waals surface area contributed by atoms with Crippen molar-refractivity contribution < 1.29 is 18.4 Å². The Morgan fingerprint density at radius 2 is 1.89 bits per heavy atom. The average molecular weight is 280 g/mol. The molecule has 6 nitrogen and oxygen atoms in total. The molecule has 0 aliphatic rings. The lowest BCUT2D eigenvalue weighted by Crippen LogP contribution is -2.11. The third kappa shape index (κ3) is 3.85. The molecule has 0 unspecified atom stereocenters. The van der Waals surface area contributed by atoms with Crippen molar-refractivity contribution in [3.8, 4) is 11.5 Å². The molecule has 100 valence electrons. The van der Waals surface area contributed by atoms with Crippen LogP contribution in [0.15, 0.2) is 53.2 Å². The third-order valence-corrected chi connectivity index (χ3v) is 2.65. The second kappa shape index (κ2) is 5.15. The molecule has 19 heavy (non-hydrogen) atoms. The van der Waals surface area contributed by atoms with Crippen LogP contribution >= 0.6 is 0 Å². The highest BCUT2D eigenvalue weighted by Crippen LogP contribution is 2.16. The van der Waals surface area contributed by atoms with E-state index in [9.17, 15) is 13.6 Å². The maximum Gasteiger partial charge on any atom is 0.250 e. The SMILES string of the molecule is CS(=O)(=O)/N=c1\ccn(O)cc1Oc1ccccc1. The van der Waals surface area contributed by atoms with Gasteiger partial charge < -0.3 is 9.94 Å². The van der Waals surface area contributed by atoms with Gasteiger partial charge in [0.1, 0.15) is 11.1 Å². The van der Waals surface area contributed by atoms with E-state index in [1.54, 1.807) is 24.3 Å². The first-order valence-electron chi connectivity index (χ1n) is 5.34. The molecule has 0 radical (unpaired) electrons. The van der Waals surface area contributed by atoms with E-state index in [2.05, 4.69) is 4.40 Å². The van der Waals surface area contributed by atoms with Crippen LogP contribution < -0.4 is 10.1 Å². The lowest BCUT2D eigenvalue weighted by atomic mass is 10.3. The van der Waals surface area contributed by atoms with Crippen LogP contribution in [0.5, 0.6) is 11.5 Å². The Bertz CT molecular complexity index is 736. The van der Waals surface area contributed by atoms with E-state index >= 15 is 0 Å². The van der Waals surface area contributed by atoms with Crippen molar-refractivity contribution in [2.75, 3.05) is 6.26 Å². The molecular weight excluding hydrogens is 268 g/mol. The van der Waals surface area contributed by atoms with Gasteiger partial charge in [-0.05, 0) is 18.2 Å². The average Bonchev–Trinajstić information content (AvgIpc) is 2.32. The normalized spacial score (nSPS) is 12.4. The molecule has 0 spiro atoms. The van der Waals surface area contributed by atoms with Crippen molar-refractivity contribution in [3.05, 3.63) is 54.1 Å². The Hall–Kier alpha value is -2.28. The summed E-state index contributed by atoms with van der Waals surface area (Å²) in [5, 5.41) is 9.48. The van der Waals surface area contributed by atoms with Gasteiger partial charge in [-0.2, -0.15) is 9.13 Å². The van der Waals surface area contributed by atoms with Crippen LogP contribution in [0.1, 0.15) is 0 Å². The van der Waals surface area contributed by atoms with E-state index in [4.69, 9.17) is 4.74 Å². The van der Waals surface area contributed by atoms with Gasteiger partial charge in [0.15, 0.2) is 5.75 Å². The summed E-state index contributed by atoms with van der Waals surface area (Å²) in [4.78, 5) is 0. The Kier molecular flexibility index (Phi) is 3.57. The molecule has 2 aromatic rings. The topological polar surface area (TPSA) is 80.9 Å². The molecule has 0 saturated heterocycles. The van der Waals surface area contributed by atoms with Crippen LogP contribution in [0.3, 0.4) is 0 Å². The molecule has 0 atom stereocenters. The van der Waals surface area contributed by atoms with Gasteiger partial charge in [-0.15, -0.1) is 0 Å². The smallest absolute Gasteiger partial charge is 0.250 e. The molecule has 0 aliphatic heterocycles. The largest absolute Gasteiger partial charge is 0.453 e. The fourth-order valence-electron chi connectivity index (χ4n) is 1.41. The van der Waals surface area contributed by atoms with E-state index in [1.165, 1.54) is 18.5 Å². The number of nitrogens with zero attached hydrogens (tertiary/aromatic N) is 2. The quantitative estimate of drug-likeness (QED) is 0.861. The van der Waals surface area contributed by atoms with Crippen molar-refractivity contribution in [1.82, 2.24) is 4.73 Å². The summed E-state index contributed by atoms with van der Waals surface area (Å²) in [5.41, 5.74) is 0. The molecule has 1 aromatic heterocycles. The molecule has 0 fully saturated rings. The van der Waals surface area contributed by atoms with Crippen molar-refractivity contribution >= 4 is 10.0 Å². The fraction of sp³-hybridized carbons (Fsp3) is 0.0833. The molecule has 0 amide bonds. The second-order valence-electron chi connectivity index (χ2n) is 3.81. The van der Waals surface area contributed by atoms with Crippen LogP contribution in [0.4, 0.5) is 0 Å². The maximum absolute atomic E-state index is 11.2. The highest BCUT2D eigenvalue weighted by atomic mass is 32.2. The minimum atomic E-state index is -3.55. The van der Waals surface area contributed by atoms with Crippen LogP contribution in [-0.4, -0.2) is 24.6 Å². The number of hydrogen-bond donors (Lipinski definition) is 1. The minimum Gasteiger partial charge on any atom is -0.453 e. The standard InChI is InChI=1S/C12H12N2O4S/c1-19(16,17)13-11-7-8-14(15)9-12(11)18-10-5-3-2-4-6-10/h2-9,15H,1H3/b13-11+. The number of ether oxygens (including phenoxy) is 1. The van der Waals surface area contributed by atoms with Crippen molar-refractivity contribution in [1.29, 1.82) is 0 Å². The summed E-state index contributed by atoms with van der Waals surface area (Å²) < 4.78 is 32.2. The monoisotopic (exact) mass is 280 g/mol. The number of para-hydroxylation sites is 1. The van der Waals surface area contributed by atoms with E-state index in [0.29, 0.717) is 5.75 Å². The first kappa shape index (κ1) is 13.2. The maximum atomic E-state index is 11.2.